The number of carbonyl (C=O) groups excluding carboxylic acids is 6. The number of rotatable bonds is 15. The van der Waals surface area contributed by atoms with Gasteiger partial charge < -0.3 is 29.4 Å². The second kappa shape index (κ2) is 18.6. The van der Waals surface area contributed by atoms with Crippen molar-refractivity contribution in [3.8, 4) is 11.1 Å². The van der Waals surface area contributed by atoms with Gasteiger partial charge in [0, 0.05) is 43.0 Å². The number of nitrogens with one attached hydrogen (secondary N) is 3. The molecule has 1 saturated heterocycles. The van der Waals surface area contributed by atoms with Crippen LogP contribution in [0.4, 0.5) is 4.79 Å². The Balaban J connectivity index is 1.36. The van der Waals surface area contributed by atoms with E-state index in [0.717, 1.165) is 18.4 Å². The van der Waals surface area contributed by atoms with E-state index in [1.807, 2.05) is 6.92 Å². The second-order valence-corrected chi connectivity index (χ2v) is 14.4. The summed E-state index contributed by atoms with van der Waals surface area (Å²) < 4.78 is 20.9. The SMILES string of the molecule is C=Cc1cc(C(=O)Cc2ccc(C(=N)NC(=O)OC[C@@H]3C[C@@H](O)CC(=O)O3)cc2)c(-c2ccc(C(=O)NCC3CC3)nc2C(=O)OC(C)OC(=O)C(C)C)cc1C. The number of Topliss-reactive ketones (excluding diaryl/α,β-unsaturated/α-hetero) is 1. The molecule has 1 unspecified atom stereocenters. The van der Waals surface area contributed by atoms with E-state index in [1.165, 1.54) is 19.1 Å². The Morgan fingerprint density at radius 2 is 1.75 bits per heavy atom. The lowest BCUT2D eigenvalue weighted by Gasteiger charge is -2.25. The van der Waals surface area contributed by atoms with E-state index in [4.69, 9.17) is 24.4 Å². The molecule has 1 saturated carbocycles. The number of esters is 3. The van der Waals surface area contributed by atoms with Gasteiger partial charge in [0.2, 0.25) is 6.29 Å². The van der Waals surface area contributed by atoms with Gasteiger partial charge in [-0.25, -0.2) is 14.6 Å². The van der Waals surface area contributed by atoms with Crippen LogP contribution < -0.4 is 10.6 Å². The maximum absolute atomic E-state index is 14.1. The highest BCUT2D eigenvalue weighted by Gasteiger charge is 2.29. The van der Waals surface area contributed by atoms with Crippen LogP contribution in [0.2, 0.25) is 0 Å². The number of hydrogen-bond acceptors (Lipinski definition) is 13. The topological polar surface area (TPSA) is 220 Å². The largest absolute Gasteiger partial charge is 0.459 e. The molecule has 1 aliphatic carbocycles. The molecule has 2 heterocycles. The van der Waals surface area contributed by atoms with Crippen LogP contribution in [0.5, 0.6) is 0 Å². The van der Waals surface area contributed by atoms with Crippen molar-refractivity contribution in [1.82, 2.24) is 15.6 Å². The summed E-state index contributed by atoms with van der Waals surface area (Å²) in [5, 5.41) is 23.2. The molecule has 0 radical (unpaired) electrons. The van der Waals surface area contributed by atoms with Crippen LogP contribution >= 0.6 is 0 Å². The van der Waals surface area contributed by atoms with E-state index >= 15 is 0 Å². The highest BCUT2D eigenvalue weighted by atomic mass is 16.7. The maximum Gasteiger partial charge on any atom is 0.412 e. The molecule has 2 amide bonds. The van der Waals surface area contributed by atoms with E-state index < -0.39 is 54.3 Å². The third-order valence-electron chi connectivity index (χ3n) is 9.28. The molecule has 2 aliphatic rings. The number of amides is 2. The molecule has 2 aromatic carbocycles. The summed E-state index contributed by atoms with van der Waals surface area (Å²) in [4.78, 5) is 81.4. The zero-order chi connectivity index (χ0) is 41.4. The Kier molecular flexibility index (Phi) is 13.7. The monoisotopic (exact) mass is 782 g/mol. The smallest absolute Gasteiger partial charge is 0.412 e. The molecule has 1 aromatic heterocycles. The van der Waals surface area contributed by atoms with Crippen molar-refractivity contribution in [3.05, 3.63) is 94.3 Å². The van der Waals surface area contributed by atoms with E-state index in [0.29, 0.717) is 34.7 Å². The number of hydrogen-bond donors (Lipinski definition) is 4. The van der Waals surface area contributed by atoms with Crippen LogP contribution in [0.15, 0.2) is 55.1 Å². The fourth-order valence-corrected chi connectivity index (χ4v) is 5.95. The Morgan fingerprint density at radius 3 is 2.40 bits per heavy atom. The van der Waals surface area contributed by atoms with Crippen molar-refractivity contribution in [1.29, 1.82) is 5.41 Å². The molecular weight excluding hydrogens is 736 g/mol. The molecule has 15 nitrogen and oxygen atoms in total. The Hall–Kier alpha value is -6.22. The molecule has 3 aromatic rings. The number of aromatic nitrogens is 1. The number of nitrogens with zero attached hydrogens (tertiary/aromatic N) is 1. The van der Waals surface area contributed by atoms with Gasteiger partial charge in [-0.05, 0) is 66.1 Å². The van der Waals surface area contributed by atoms with Gasteiger partial charge in [0.25, 0.3) is 5.91 Å². The molecule has 3 atom stereocenters. The number of pyridine rings is 1. The minimum atomic E-state index is -1.27. The van der Waals surface area contributed by atoms with Gasteiger partial charge in [-0.3, -0.25) is 29.9 Å². The quantitative estimate of drug-likeness (QED) is 0.0396. The summed E-state index contributed by atoms with van der Waals surface area (Å²) in [6.45, 7) is 10.5. The lowest BCUT2D eigenvalue weighted by Crippen LogP contribution is -2.38. The molecule has 300 valence electrons. The molecule has 2 fully saturated rings. The minimum absolute atomic E-state index is 0.0338. The van der Waals surface area contributed by atoms with Crippen LogP contribution in [0.3, 0.4) is 0 Å². The van der Waals surface area contributed by atoms with Crippen molar-refractivity contribution in [3.63, 3.8) is 0 Å². The molecule has 1 aliphatic heterocycles. The summed E-state index contributed by atoms with van der Waals surface area (Å²) >= 11 is 0. The standard InChI is InChI=1S/C42H46N4O11/c1-6-27-17-33(35(48)16-25-9-11-28(12-10-25)38(43)46-42(53)54-21-30-18-29(47)19-36(49)57-30)32(15-23(27)4)31-13-14-34(39(50)44-20-26-7-8-26)45-37(31)41(52)56-24(5)55-40(51)22(2)3/h6,9-15,17,22,24,26,29-30,47H,1,7-8,16,18-21H2,2-5H3,(H,44,50)(H2,43,46,53)/t24?,29-,30+/m1/s1. The van der Waals surface area contributed by atoms with Crippen LogP contribution in [0.25, 0.3) is 17.2 Å². The first-order valence-corrected chi connectivity index (χ1v) is 18.6. The molecule has 5 rings (SSSR count). The summed E-state index contributed by atoms with van der Waals surface area (Å²) in [6, 6.07) is 12.7. The van der Waals surface area contributed by atoms with Crippen LogP contribution in [0.1, 0.15) is 100 Å². The van der Waals surface area contributed by atoms with E-state index in [-0.39, 0.29) is 60.0 Å². The zero-order valence-corrected chi connectivity index (χ0v) is 32.2. The average molecular weight is 783 g/mol. The number of amidine groups is 1. The maximum atomic E-state index is 14.1. The molecule has 4 N–H and O–H groups in total. The van der Waals surface area contributed by atoms with E-state index in [1.54, 1.807) is 56.3 Å². The first kappa shape index (κ1) is 41.9. The van der Waals surface area contributed by atoms with Gasteiger partial charge in [-0.2, -0.15) is 0 Å². The first-order chi connectivity index (χ1) is 27.1. The summed E-state index contributed by atoms with van der Waals surface area (Å²) in [5.74, 6) is -3.31. The number of ether oxygens (including phenoxy) is 4. The predicted octanol–water partition coefficient (Wildman–Crippen LogP) is 5.09. The van der Waals surface area contributed by atoms with E-state index in [2.05, 4.69) is 22.2 Å². The Morgan fingerprint density at radius 1 is 1.04 bits per heavy atom. The first-order valence-electron chi connectivity index (χ1n) is 18.6. The number of cyclic esters (lactones) is 1. The normalized spacial score (nSPS) is 16.8. The van der Waals surface area contributed by atoms with Gasteiger partial charge in [0.05, 0.1) is 18.4 Å². The van der Waals surface area contributed by atoms with Gasteiger partial charge in [0.1, 0.15) is 24.2 Å². The number of benzene rings is 2. The number of ketones is 1. The van der Waals surface area contributed by atoms with Crippen molar-refractivity contribution >= 4 is 47.6 Å². The van der Waals surface area contributed by atoms with Gasteiger partial charge in [-0.1, -0.05) is 56.8 Å². The number of carbonyl (C=O) groups is 6. The average Bonchev–Trinajstić information content (AvgIpc) is 4.00. The van der Waals surface area contributed by atoms with Gasteiger partial charge >= 0.3 is 24.0 Å². The number of aliphatic hydroxyl groups is 1. The molecule has 0 bridgehead atoms. The zero-order valence-electron chi connectivity index (χ0n) is 32.2. The van der Waals surface area contributed by atoms with E-state index in [9.17, 15) is 33.9 Å². The van der Waals surface area contributed by atoms with Gasteiger partial charge in [-0.15, -0.1) is 0 Å². The fraction of sp³-hybridized carbons (Fsp3) is 0.381. The van der Waals surface area contributed by atoms with Crippen molar-refractivity contribution in [2.45, 2.75) is 78.3 Å². The molecule has 15 heteroatoms. The Bertz CT molecular complexity index is 2070. The predicted molar refractivity (Wildman–Crippen MR) is 206 cm³/mol. The molecule has 0 spiro atoms. The van der Waals surface area contributed by atoms with Crippen LogP contribution in [-0.4, -0.2) is 83.3 Å². The minimum Gasteiger partial charge on any atom is -0.459 e. The summed E-state index contributed by atoms with van der Waals surface area (Å²) in [7, 11) is 0. The van der Waals surface area contributed by atoms with Crippen molar-refractivity contribution in [2.24, 2.45) is 11.8 Å². The number of aryl methyl sites for hydroxylation is 1. The van der Waals surface area contributed by atoms with Crippen molar-refractivity contribution < 1.29 is 52.8 Å². The Labute approximate surface area is 329 Å². The van der Waals surface area contributed by atoms with Gasteiger partial charge in [0.15, 0.2) is 11.5 Å². The summed E-state index contributed by atoms with van der Waals surface area (Å²) in [5.41, 5.74) is 2.80. The highest BCUT2D eigenvalue weighted by Crippen LogP contribution is 2.32. The van der Waals surface area contributed by atoms with Crippen LogP contribution in [-0.2, 0) is 35.0 Å². The summed E-state index contributed by atoms with van der Waals surface area (Å²) in [6.07, 6.45) is -0.354. The third kappa shape index (κ3) is 11.4. The third-order valence-corrected chi connectivity index (χ3v) is 9.28. The number of alkyl carbamates (subject to hydrolysis) is 1. The lowest BCUT2D eigenvalue weighted by atomic mass is 9.89. The molecule has 57 heavy (non-hydrogen) atoms. The van der Waals surface area contributed by atoms with Crippen LogP contribution in [0, 0.1) is 24.2 Å². The molecular formula is C42H46N4O11. The highest BCUT2D eigenvalue weighted by molar-refractivity contribution is 6.08. The van der Waals surface area contributed by atoms with Crippen molar-refractivity contribution in [2.75, 3.05) is 13.2 Å². The number of aliphatic hydroxyl groups excluding tert-OH is 1. The lowest BCUT2D eigenvalue weighted by molar-refractivity contribution is -0.169. The fourth-order valence-electron chi connectivity index (χ4n) is 5.95. The second-order valence-electron chi connectivity index (χ2n) is 14.4.